The van der Waals surface area contributed by atoms with Crippen LogP contribution in [0.25, 0.3) is 0 Å². The number of hydrogen-bond acceptors (Lipinski definition) is 4. The number of carbonyl (C=O) groups excluding carboxylic acids is 1. The molecule has 0 atom stereocenters. The summed E-state index contributed by atoms with van der Waals surface area (Å²) in [4.78, 5) is 15.5. The van der Waals surface area contributed by atoms with Crippen LogP contribution in [0.5, 0.6) is 0 Å². The monoisotopic (exact) mass is 361 g/mol. The van der Waals surface area contributed by atoms with Crippen molar-refractivity contribution in [2.75, 3.05) is 29.5 Å². The Hall–Kier alpha value is -1.66. The van der Waals surface area contributed by atoms with Crippen LogP contribution < -0.4 is 15.5 Å². The van der Waals surface area contributed by atoms with Gasteiger partial charge in [0.2, 0.25) is 0 Å². The average molecular weight is 362 g/mol. The number of aryl methyl sites for hydroxylation is 1. The summed E-state index contributed by atoms with van der Waals surface area (Å²) < 4.78 is 0. The lowest BCUT2D eigenvalue weighted by Gasteiger charge is -2.28. The maximum absolute atomic E-state index is 11.9. The number of amides is 2. The van der Waals surface area contributed by atoms with Crippen LogP contribution >= 0.6 is 23.1 Å². The predicted octanol–water partition coefficient (Wildman–Crippen LogP) is 3.61. The lowest BCUT2D eigenvalue weighted by atomic mass is 10.2. The number of urea groups is 1. The quantitative estimate of drug-likeness (QED) is 0.855. The summed E-state index contributed by atoms with van der Waals surface area (Å²) in [5, 5.41) is 7.87. The molecule has 0 bridgehead atoms. The number of carbonyl (C=O) groups is 1. The summed E-state index contributed by atoms with van der Waals surface area (Å²) >= 11 is 3.69. The SMILES string of the molecule is Cc1ccsc1CNC(=O)NCc1ccc(N2CCSCC2)cc1. The Balaban J connectivity index is 1.44. The normalized spacial score (nSPS) is 14.5. The fourth-order valence-electron chi connectivity index (χ4n) is 2.64. The van der Waals surface area contributed by atoms with Crippen molar-refractivity contribution in [3.8, 4) is 0 Å². The molecule has 2 aromatic rings. The molecule has 1 aromatic heterocycles. The highest BCUT2D eigenvalue weighted by atomic mass is 32.2. The third-order valence-corrected chi connectivity index (χ3v) is 6.11. The van der Waals surface area contributed by atoms with E-state index in [0.717, 1.165) is 18.7 Å². The van der Waals surface area contributed by atoms with Crippen molar-refractivity contribution in [1.29, 1.82) is 0 Å². The van der Waals surface area contributed by atoms with Crippen molar-refractivity contribution in [3.63, 3.8) is 0 Å². The summed E-state index contributed by atoms with van der Waals surface area (Å²) in [6.07, 6.45) is 0. The largest absolute Gasteiger partial charge is 0.370 e. The van der Waals surface area contributed by atoms with Crippen LogP contribution in [0.15, 0.2) is 35.7 Å². The van der Waals surface area contributed by atoms with Gasteiger partial charge in [0, 0.05) is 41.7 Å². The molecule has 6 heteroatoms. The summed E-state index contributed by atoms with van der Waals surface area (Å²) in [7, 11) is 0. The Kier molecular flexibility index (Phi) is 6.04. The molecule has 0 saturated carbocycles. The molecule has 0 radical (unpaired) electrons. The standard InChI is InChI=1S/C18H23N3OS2/c1-14-6-9-24-17(14)13-20-18(22)19-12-15-2-4-16(5-3-15)21-7-10-23-11-8-21/h2-6,9H,7-8,10-13H2,1H3,(H2,19,20,22). The van der Waals surface area contributed by atoms with E-state index in [1.54, 1.807) is 11.3 Å². The first-order chi connectivity index (χ1) is 11.7. The van der Waals surface area contributed by atoms with Gasteiger partial charge < -0.3 is 15.5 Å². The number of thioether (sulfide) groups is 1. The molecule has 1 aromatic carbocycles. The zero-order valence-corrected chi connectivity index (χ0v) is 15.5. The smallest absolute Gasteiger partial charge is 0.315 e. The number of nitrogens with zero attached hydrogens (tertiary/aromatic N) is 1. The summed E-state index contributed by atoms with van der Waals surface area (Å²) in [6, 6.07) is 10.4. The molecule has 2 amide bonds. The van der Waals surface area contributed by atoms with Crippen LogP contribution in [0.3, 0.4) is 0 Å². The van der Waals surface area contributed by atoms with Gasteiger partial charge in [0.05, 0.1) is 6.54 Å². The van der Waals surface area contributed by atoms with E-state index in [0.29, 0.717) is 13.1 Å². The first-order valence-electron chi connectivity index (χ1n) is 8.18. The van der Waals surface area contributed by atoms with Gasteiger partial charge in [-0.3, -0.25) is 0 Å². The summed E-state index contributed by atoms with van der Waals surface area (Å²) in [5.74, 6) is 2.40. The highest BCUT2D eigenvalue weighted by molar-refractivity contribution is 7.99. The highest BCUT2D eigenvalue weighted by Crippen LogP contribution is 2.20. The maximum atomic E-state index is 11.9. The summed E-state index contributed by atoms with van der Waals surface area (Å²) in [5.41, 5.74) is 3.62. The molecular weight excluding hydrogens is 338 g/mol. The Morgan fingerprint density at radius 1 is 1.08 bits per heavy atom. The van der Waals surface area contributed by atoms with Crippen molar-refractivity contribution in [1.82, 2.24) is 10.6 Å². The van der Waals surface area contributed by atoms with Gasteiger partial charge in [-0.2, -0.15) is 11.8 Å². The molecule has 24 heavy (non-hydrogen) atoms. The minimum atomic E-state index is -0.125. The summed E-state index contributed by atoms with van der Waals surface area (Å²) in [6.45, 7) is 5.43. The van der Waals surface area contributed by atoms with Gasteiger partial charge in [0.15, 0.2) is 0 Å². The predicted molar refractivity (Wildman–Crippen MR) is 104 cm³/mol. The number of anilines is 1. The van der Waals surface area contributed by atoms with Gasteiger partial charge in [0.1, 0.15) is 0 Å². The fourth-order valence-corrected chi connectivity index (χ4v) is 4.39. The van der Waals surface area contributed by atoms with E-state index in [-0.39, 0.29) is 6.03 Å². The fraction of sp³-hybridized carbons (Fsp3) is 0.389. The van der Waals surface area contributed by atoms with E-state index >= 15 is 0 Å². The second kappa shape index (κ2) is 8.44. The molecule has 0 spiro atoms. The molecule has 1 saturated heterocycles. The molecule has 1 aliphatic rings. The van der Waals surface area contributed by atoms with E-state index in [1.165, 1.54) is 27.6 Å². The number of nitrogens with one attached hydrogen (secondary N) is 2. The van der Waals surface area contributed by atoms with Gasteiger partial charge in [-0.1, -0.05) is 12.1 Å². The molecule has 2 N–H and O–H groups in total. The van der Waals surface area contributed by atoms with Crippen molar-refractivity contribution in [2.45, 2.75) is 20.0 Å². The molecule has 2 heterocycles. The lowest BCUT2D eigenvalue weighted by molar-refractivity contribution is 0.240. The Labute approximate surface area is 151 Å². The molecule has 128 valence electrons. The van der Waals surface area contributed by atoms with Crippen molar-refractivity contribution in [3.05, 3.63) is 51.7 Å². The van der Waals surface area contributed by atoms with Gasteiger partial charge in [-0.25, -0.2) is 4.79 Å². The van der Waals surface area contributed by atoms with E-state index in [9.17, 15) is 4.79 Å². The third-order valence-electron chi connectivity index (χ3n) is 4.14. The number of benzene rings is 1. The van der Waals surface area contributed by atoms with Crippen LogP contribution in [0, 0.1) is 6.92 Å². The molecule has 0 aliphatic carbocycles. The van der Waals surface area contributed by atoms with E-state index in [1.807, 2.05) is 17.1 Å². The molecule has 0 unspecified atom stereocenters. The molecule has 1 aliphatic heterocycles. The van der Waals surface area contributed by atoms with E-state index in [4.69, 9.17) is 0 Å². The highest BCUT2D eigenvalue weighted by Gasteiger charge is 2.11. The zero-order chi connectivity index (χ0) is 16.8. The maximum Gasteiger partial charge on any atom is 0.315 e. The van der Waals surface area contributed by atoms with E-state index < -0.39 is 0 Å². The zero-order valence-electron chi connectivity index (χ0n) is 13.9. The Bertz CT molecular complexity index is 663. The van der Waals surface area contributed by atoms with Gasteiger partial charge in [-0.05, 0) is 41.6 Å². The van der Waals surface area contributed by atoms with Gasteiger partial charge >= 0.3 is 6.03 Å². The van der Waals surface area contributed by atoms with Crippen LogP contribution in [0.2, 0.25) is 0 Å². The van der Waals surface area contributed by atoms with Crippen LogP contribution in [0.1, 0.15) is 16.0 Å². The number of rotatable bonds is 5. The average Bonchev–Trinajstić information content (AvgIpc) is 3.04. The molecular formula is C18H23N3OS2. The second-order valence-corrected chi connectivity index (χ2v) is 8.05. The minimum absolute atomic E-state index is 0.125. The molecule has 1 fully saturated rings. The van der Waals surface area contributed by atoms with Crippen molar-refractivity contribution < 1.29 is 4.79 Å². The minimum Gasteiger partial charge on any atom is -0.370 e. The number of thiophene rings is 1. The third kappa shape index (κ3) is 4.68. The van der Waals surface area contributed by atoms with Crippen LogP contribution in [-0.2, 0) is 13.1 Å². The molecule has 4 nitrogen and oxygen atoms in total. The first kappa shape index (κ1) is 17.2. The lowest BCUT2D eigenvalue weighted by Crippen LogP contribution is -2.34. The number of hydrogen-bond donors (Lipinski definition) is 2. The van der Waals surface area contributed by atoms with Crippen LogP contribution in [-0.4, -0.2) is 30.6 Å². The van der Waals surface area contributed by atoms with Crippen LogP contribution in [0.4, 0.5) is 10.5 Å². The van der Waals surface area contributed by atoms with Crippen molar-refractivity contribution in [2.24, 2.45) is 0 Å². The van der Waals surface area contributed by atoms with Gasteiger partial charge in [-0.15, -0.1) is 11.3 Å². The van der Waals surface area contributed by atoms with Crippen molar-refractivity contribution >= 4 is 34.8 Å². The molecule has 3 rings (SSSR count). The van der Waals surface area contributed by atoms with Gasteiger partial charge in [0.25, 0.3) is 0 Å². The Morgan fingerprint density at radius 2 is 1.79 bits per heavy atom. The Morgan fingerprint density at radius 3 is 2.46 bits per heavy atom. The van der Waals surface area contributed by atoms with E-state index in [2.05, 4.69) is 52.8 Å². The topological polar surface area (TPSA) is 44.4 Å². The first-order valence-corrected chi connectivity index (χ1v) is 10.2. The second-order valence-electron chi connectivity index (χ2n) is 5.83.